The van der Waals surface area contributed by atoms with E-state index in [1.807, 2.05) is 11.8 Å². The van der Waals surface area contributed by atoms with Crippen molar-refractivity contribution in [3.63, 3.8) is 0 Å². The van der Waals surface area contributed by atoms with E-state index in [0.29, 0.717) is 0 Å². The molecule has 1 amide bonds. The molecule has 2 rings (SSSR count). The number of amides is 1. The van der Waals surface area contributed by atoms with E-state index in [1.165, 1.54) is 26.0 Å². The van der Waals surface area contributed by atoms with Crippen LogP contribution in [0.5, 0.6) is 0 Å². The van der Waals surface area contributed by atoms with E-state index in [0.717, 1.165) is 5.56 Å². The van der Waals surface area contributed by atoms with Crippen LogP contribution in [0.1, 0.15) is 25.8 Å². The highest BCUT2D eigenvalue weighted by Gasteiger charge is 2.70. The molecule has 1 aliphatic rings. The van der Waals surface area contributed by atoms with Crippen LogP contribution in [-0.4, -0.2) is 25.4 Å². The molecule has 0 spiro atoms. The molecule has 0 saturated heterocycles. The fourth-order valence-corrected chi connectivity index (χ4v) is 3.17. The largest absolute Gasteiger partial charge is 0.481 e. The molecule has 0 bridgehead atoms. The Kier molecular flexibility index (Phi) is 3.78. The zero-order valence-corrected chi connectivity index (χ0v) is 13.3. The number of rotatable bonds is 5. The SMILES string of the molecule is Cc1ccc(S(=O)(=O)NNC(=O)[C@@]2(C)C[C@]2(C)C(=O)O)cc1. The third kappa shape index (κ3) is 2.59. The molecule has 1 saturated carbocycles. The summed E-state index contributed by atoms with van der Waals surface area (Å²) in [6.45, 7) is 4.78. The number of sulfonamides is 1. The molecule has 1 aromatic carbocycles. The third-order valence-electron chi connectivity index (χ3n) is 4.40. The van der Waals surface area contributed by atoms with Gasteiger partial charge >= 0.3 is 5.97 Å². The first-order valence-corrected chi connectivity index (χ1v) is 8.14. The molecule has 0 radical (unpaired) electrons. The molecule has 0 aromatic heterocycles. The predicted molar refractivity (Wildman–Crippen MR) is 78.1 cm³/mol. The first kappa shape index (κ1) is 16.4. The van der Waals surface area contributed by atoms with Gasteiger partial charge in [0.05, 0.1) is 15.7 Å². The summed E-state index contributed by atoms with van der Waals surface area (Å²) in [5.74, 6) is -1.74. The predicted octanol–water partition coefficient (Wildman–Crippen LogP) is 0.805. The van der Waals surface area contributed by atoms with Crippen LogP contribution in [0.15, 0.2) is 29.2 Å². The number of hydrazine groups is 1. The van der Waals surface area contributed by atoms with Gasteiger partial charge in [-0.15, -0.1) is 4.83 Å². The van der Waals surface area contributed by atoms with Crippen LogP contribution in [0.3, 0.4) is 0 Å². The van der Waals surface area contributed by atoms with E-state index in [4.69, 9.17) is 5.11 Å². The van der Waals surface area contributed by atoms with Gasteiger partial charge in [-0.1, -0.05) is 17.7 Å². The molecular weight excluding hydrogens is 308 g/mol. The average Bonchev–Trinajstić information content (AvgIpc) is 3.02. The van der Waals surface area contributed by atoms with E-state index in [-0.39, 0.29) is 11.3 Å². The van der Waals surface area contributed by atoms with Crippen LogP contribution >= 0.6 is 0 Å². The first-order valence-electron chi connectivity index (χ1n) is 6.65. The Balaban J connectivity index is 2.06. The minimum atomic E-state index is -3.89. The van der Waals surface area contributed by atoms with Crippen molar-refractivity contribution in [1.82, 2.24) is 10.3 Å². The van der Waals surface area contributed by atoms with Gasteiger partial charge in [-0.3, -0.25) is 15.0 Å². The van der Waals surface area contributed by atoms with Gasteiger partial charge in [0.15, 0.2) is 0 Å². The Bertz CT molecular complexity index is 728. The summed E-state index contributed by atoms with van der Waals surface area (Å²) >= 11 is 0. The monoisotopic (exact) mass is 326 g/mol. The number of nitrogens with one attached hydrogen (secondary N) is 2. The van der Waals surface area contributed by atoms with Gasteiger partial charge in [-0.25, -0.2) is 8.42 Å². The Hall–Kier alpha value is -1.93. The highest BCUT2D eigenvalue weighted by molar-refractivity contribution is 7.89. The van der Waals surface area contributed by atoms with Crippen molar-refractivity contribution in [3.05, 3.63) is 29.8 Å². The van der Waals surface area contributed by atoms with Crippen LogP contribution < -0.4 is 10.3 Å². The number of carboxylic acids is 1. The van der Waals surface area contributed by atoms with Gasteiger partial charge in [-0.2, -0.15) is 0 Å². The second-order valence-electron chi connectivity index (χ2n) is 6.02. The van der Waals surface area contributed by atoms with Crippen molar-refractivity contribution >= 4 is 21.9 Å². The molecular formula is C14H18N2O5S. The van der Waals surface area contributed by atoms with Crippen molar-refractivity contribution in [2.75, 3.05) is 0 Å². The molecule has 0 unspecified atom stereocenters. The molecule has 22 heavy (non-hydrogen) atoms. The van der Waals surface area contributed by atoms with E-state index >= 15 is 0 Å². The van der Waals surface area contributed by atoms with Gasteiger partial charge in [0, 0.05) is 0 Å². The van der Waals surface area contributed by atoms with E-state index in [2.05, 4.69) is 5.43 Å². The molecule has 7 nitrogen and oxygen atoms in total. The molecule has 0 heterocycles. The minimum absolute atomic E-state index is 0.0142. The Morgan fingerprint density at radius 3 is 2.14 bits per heavy atom. The molecule has 3 N–H and O–H groups in total. The summed E-state index contributed by atoms with van der Waals surface area (Å²) < 4.78 is 24.1. The molecule has 1 aliphatic carbocycles. The van der Waals surface area contributed by atoms with Gasteiger partial charge in [0.25, 0.3) is 10.0 Å². The van der Waals surface area contributed by atoms with E-state index in [9.17, 15) is 18.0 Å². The van der Waals surface area contributed by atoms with Crippen molar-refractivity contribution in [2.45, 2.75) is 32.1 Å². The van der Waals surface area contributed by atoms with Crippen molar-refractivity contribution < 1.29 is 23.1 Å². The summed E-state index contributed by atoms with van der Waals surface area (Å²) in [4.78, 5) is 25.2. The number of hydrogen-bond donors (Lipinski definition) is 3. The maximum atomic E-state index is 12.1. The Morgan fingerprint density at radius 2 is 1.68 bits per heavy atom. The maximum Gasteiger partial charge on any atom is 0.310 e. The smallest absolute Gasteiger partial charge is 0.310 e. The molecule has 0 aliphatic heterocycles. The second kappa shape index (κ2) is 5.06. The van der Waals surface area contributed by atoms with Gasteiger partial charge in [0.2, 0.25) is 5.91 Å². The Labute approximate surface area is 128 Å². The quantitative estimate of drug-likeness (QED) is 0.693. The molecule has 1 fully saturated rings. The van der Waals surface area contributed by atoms with Crippen molar-refractivity contribution in [2.24, 2.45) is 10.8 Å². The standard InChI is InChI=1S/C14H18N2O5S/c1-9-4-6-10(7-5-9)22(20,21)16-15-11(17)13(2)8-14(13,3)12(18)19/h4-7,16H,8H2,1-3H3,(H,15,17)(H,18,19)/t13-,14-/m1/s1. The number of aliphatic carboxylic acids is 1. The van der Waals surface area contributed by atoms with Crippen LogP contribution in [0.25, 0.3) is 0 Å². The molecule has 8 heteroatoms. The Morgan fingerprint density at radius 1 is 1.14 bits per heavy atom. The van der Waals surface area contributed by atoms with E-state index < -0.39 is 32.7 Å². The minimum Gasteiger partial charge on any atom is -0.481 e. The van der Waals surface area contributed by atoms with Crippen LogP contribution in [-0.2, 0) is 19.6 Å². The number of carbonyl (C=O) groups excluding carboxylic acids is 1. The summed E-state index contributed by atoms with van der Waals surface area (Å²) in [6.07, 6.45) is 0.160. The summed E-state index contributed by atoms with van der Waals surface area (Å²) in [6, 6.07) is 6.12. The summed E-state index contributed by atoms with van der Waals surface area (Å²) in [5, 5.41) is 9.11. The zero-order valence-electron chi connectivity index (χ0n) is 12.5. The van der Waals surface area contributed by atoms with Gasteiger partial charge < -0.3 is 5.11 Å². The lowest BCUT2D eigenvalue weighted by Gasteiger charge is -2.15. The van der Waals surface area contributed by atoms with Crippen LogP contribution in [0.2, 0.25) is 0 Å². The van der Waals surface area contributed by atoms with Crippen LogP contribution in [0, 0.1) is 17.8 Å². The van der Waals surface area contributed by atoms with Gasteiger partial charge in [-0.05, 0) is 39.3 Å². The molecule has 1 aromatic rings. The third-order valence-corrected chi connectivity index (χ3v) is 5.67. The number of benzene rings is 1. The molecule has 2 atom stereocenters. The highest BCUT2D eigenvalue weighted by atomic mass is 32.2. The number of aryl methyl sites for hydroxylation is 1. The van der Waals surface area contributed by atoms with Crippen molar-refractivity contribution in [1.29, 1.82) is 0 Å². The zero-order chi connectivity index (χ0) is 16.8. The van der Waals surface area contributed by atoms with E-state index in [1.54, 1.807) is 12.1 Å². The number of carbonyl (C=O) groups is 2. The average molecular weight is 326 g/mol. The van der Waals surface area contributed by atoms with Crippen LogP contribution in [0.4, 0.5) is 0 Å². The molecule has 120 valence electrons. The second-order valence-corrected chi connectivity index (χ2v) is 7.70. The topological polar surface area (TPSA) is 113 Å². The maximum absolute atomic E-state index is 12.1. The van der Waals surface area contributed by atoms with Gasteiger partial charge in [0.1, 0.15) is 0 Å². The lowest BCUT2D eigenvalue weighted by atomic mass is 9.96. The number of carboxylic acid groups (broad SMARTS) is 1. The fourth-order valence-electron chi connectivity index (χ4n) is 2.33. The highest BCUT2D eigenvalue weighted by Crippen LogP contribution is 2.63. The fraction of sp³-hybridized carbons (Fsp3) is 0.429. The lowest BCUT2D eigenvalue weighted by Crippen LogP contribution is -2.46. The lowest BCUT2D eigenvalue weighted by molar-refractivity contribution is -0.146. The first-order chi connectivity index (χ1) is 10.0. The number of hydrogen-bond acceptors (Lipinski definition) is 4. The summed E-state index contributed by atoms with van der Waals surface area (Å²) in [7, 11) is -3.89. The summed E-state index contributed by atoms with van der Waals surface area (Å²) in [5.41, 5.74) is 0.712. The van der Waals surface area contributed by atoms with Crippen molar-refractivity contribution in [3.8, 4) is 0 Å². The normalized spacial score (nSPS) is 27.2.